The molecular weight excluding hydrogens is 344 g/mol. The summed E-state index contributed by atoms with van der Waals surface area (Å²) < 4.78 is 0. The van der Waals surface area contributed by atoms with Gasteiger partial charge in [-0.25, -0.2) is 0 Å². The quantitative estimate of drug-likeness (QED) is 0.291. The molecule has 0 aliphatic carbocycles. The molecule has 0 radical (unpaired) electrons. The van der Waals surface area contributed by atoms with E-state index in [4.69, 9.17) is 0 Å². The normalized spacial score (nSPS) is 11.9. The Morgan fingerprint density at radius 3 is 1.07 bits per heavy atom. The highest BCUT2D eigenvalue weighted by Crippen LogP contribution is 2.41. The van der Waals surface area contributed by atoms with E-state index in [1.165, 1.54) is 11.1 Å². The zero-order valence-corrected chi connectivity index (χ0v) is 16.5. The molecule has 28 heavy (non-hydrogen) atoms. The molecule has 0 unspecified atom stereocenters. The molecule has 0 heterocycles. The standard InChI is InChI=1S/C26H22O2/c1-13-5-17-9-19-11-24-20(12-23(19)25(27)21(17)7-15(13)3)10-18-6-14(2)16(4)8-22(18)26(24)28/h5-12,27-28H,1-4H3. The maximum Gasteiger partial charge on any atom is 0.131 e. The molecule has 0 amide bonds. The van der Waals surface area contributed by atoms with Crippen molar-refractivity contribution in [3.05, 3.63) is 70.8 Å². The Labute approximate surface area is 163 Å². The van der Waals surface area contributed by atoms with Gasteiger partial charge in [0.05, 0.1) is 0 Å². The first-order chi connectivity index (χ1) is 13.3. The van der Waals surface area contributed by atoms with Crippen molar-refractivity contribution in [1.29, 1.82) is 0 Å². The minimum absolute atomic E-state index is 0.303. The number of rotatable bonds is 0. The molecule has 0 aliphatic rings. The van der Waals surface area contributed by atoms with Crippen LogP contribution in [0.4, 0.5) is 0 Å². The first-order valence-corrected chi connectivity index (χ1v) is 9.57. The predicted molar refractivity (Wildman–Crippen MR) is 119 cm³/mol. The molecule has 5 rings (SSSR count). The van der Waals surface area contributed by atoms with Crippen LogP contribution in [0.1, 0.15) is 22.3 Å². The minimum atomic E-state index is 0.303. The van der Waals surface area contributed by atoms with Gasteiger partial charge in [-0.15, -0.1) is 0 Å². The highest BCUT2D eigenvalue weighted by molar-refractivity contribution is 6.14. The lowest BCUT2D eigenvalue weighted by atomic mass is 9.93. The number of hydrogen-bond acceptors (Lipinski definition) is 2. The molecule has 5 aromatic rings. The van der Waals surface area contributed by atoms with Crippen molar-refractivity contribution in [3.8, 4) is 11.5 Å². The Bertz CT molecular complexity index is 1350. The second-order valence-electron chi connectivity index (χ2n) is 8.06. The van der Waals surface area contributed by atoms with Gasteiger partial charge in [-0.1, -0.05) is 12.1 Å². The van der Waals surface area contributed by atoms with Crippen molar-refractivity contribution < 1.29 is 10.2 Å². The molecule has 0 atom stereocenters. The average Bonchev–Trinajstić information content (AvgIpc) is 2.65. The van der Waals surface area contributed by atoms with E-state index >= 15 is 0 Å². The van der Waals surface area contributed by atoms with E-state index in [0.29, 0.717) is 11.5 Å². The fraction of sp³-hybridized carbons (Fsp3) is 0.154. The van der Waals surface area contributed by atoms with Crippen LogP contribution in [0.5, 0.6) is 11.5 Å². The molecule has 0 saturated carbocycles. The van der Waals surface area contributed by atoms with Crippen molar-refractivity contribution in [2.75, 3.05) is 0 Å². The van der Waals surface area contributed by atoms with E-state index in [0.717, 1.165) is 54.2 Å². The van der Waals surface area contributed by atoms with E-state index < -0.39 is 0 Å². The van der Waals surface area contributed by atoms with Crippen molar-refractivity contribution in [2.24, 2.45) is 0 Å². The van der Waals surface area contributed by atoms with Crippen LogP contribution in [0.15, 0.2) is 48.5 Å². The fourth-order valence-electron chi connectivity index (χ4n) is 4.23. The predicted octanol–water partition coefficient (Wildman–Crippen LogP) is 6.94. The Morgan fingerprint density at radius 2 is 0.679 bits per heavy atom. The Balaban J connectivity index is 1.95. The molecule has 0 spiro atoms. The zero-order valence-electron chi connectivity index (χ0n) is 16.5. The van der Waals surface area contributed by atoms with Crippen molar-refractivity contribution in [2.45, 2.75) is 27.7 Å². The van der Waals surface area contributed by atoms with Crippen LogP contribution in [0, 0.1) is 27.7 Å². The van der Waals surface area contributed by atoms with Gasteiger partial charge in [0.15, 0.2) is 0 Å². The monoisotopic (exact) mass is 366 g/mol. The third-order valence-corrected chi connectivity index (χ3v) is 6.20. The Hall–Kier alpha value is -3.26. The number of hydrogen-bond donors (Lipinski definition) is 2. The van der Waals surface area contributed by atoms with E-state index in [-0.39, 0.29) is 0 Å². The Morgan fingerprint density at radius 1 is 0.393 bits per heavy atom. The van der Waals surface area contributed by atoms with Gasteiger partial charge in [0.25, 0.3) is 0 Å². The maximum absolute atomic E-state index is 11.0. The smallest absolute Gasteiger partial charge is 0.131 e. The average molecular weight is 366 g/mol. The summed E-state index contributed by atoms with van der Waals surface area (Å²) in [5.74, 6) is 0.606. The van der Waals surface area contributed by atoms with Crippen LogP contribution in [-0.4, -0.2) is 10.2 Å². The van der Waals surface area contributed by atoms with E-state index in [9.17, 15) is 10.2 Å². The molecule has 2 heteroatoms. The van der Waals surface area contributed by atoms with Crippen LogP contribution in [0.2, 0.25) is 0 Å². The molecule has 5 aromatic carbocycles. The third kappa shape index (κ3) is 2.27. The molecule has 0 bridgehead atoms. The lowest BCUT2D eigenvalue weighted by molar-refractivity contribution is 0.486. The third-order valence-electron chi connectivity index (χ3n) is 6.20. The molecule has 0 aromatic heterocycles. The van der Waals surface area contributed by atoms with Crippen LogP contribution in [0.3, 0.4) is 0 Å². The summed E-state index contributed by atoms with van der Waals surface area (Å²) in [6.07, 6.45) is 0. The van der Waals surface area contributed by atoms with Gasteiger partial charge >= 0.3 is 0 Å². The van der Waals surface area contributed by atoms with Crippen LogP contribution >= 0.6 is 0 Å². The van der Waals surface area contributed by atoms with Gasteiger partial charge in [0.2, 0.25) is 0 Å². The summed E-state index contributed by atoms with van der Waals surface area (Å²) >= 11 is 0. The maximum atomic E-state index is 11.0. The number of fused-ring (bicyclic) bond motifs is 4. The van der Waals surface area contributed by atoms with Gasteiger partial charge < -0.3 is 10.2 Å². The number of aryl methyl sites for hydroxylation is 4. The van der Waals surface area contributed by atoms with Gasteiger partial charge in [-0.2, -0.15) is 0 Å². The number of phenols is 2. The summed E-state index contributed by atoms with van der Waals surface area (Å²) in [7, 11) is 0. The summed E-state index contributed by atoms with van der Waals surface area (Å²) in [6.45, 7) is 8.29. The lowest BCUT2D eigenvalue weighted by Gasteiger charge is -2.13. The van der Waals surface area contributed by atoms with Crippen molar-refractivity contribution >= 4 is 43.1 Å². The fourth-order valence-corrected chi connectivity index (χ4v) is 4.23. The summed E-state index contributed by atoms with van der Waals surface area (Å²) in [6, 6.07) is 16.5. The first-order valence-electron chi connectivity index (χ1n) is 9.57. The summed E-state index contributed by atoms with van der Waals surface area (Å²) in [5.41, 5.74) is 4.73. The van der Waals surface area contributed by atoms with E-state index in [1.54, 1.807) is 0 Å². The van der Waals surface area contributed by atoms with Crippen LogP contribution in [-0.2, 0) is 0 Å². The molecule has 2 N–H and O–H groups in total. The highest BCUT2D eigenvalue weighted by Gasteiger charge is 2.13. The van der Waals surface area contributed by atoms with Gasteiger partial charge in [-0.05, 0) is 108 Å². The zero-order chi connectivity index (χ0) is 19.7. The lowest BCUT2D eigenvalue weighted by Crippen LogP contribution is -1.87. The van der Waals surface area contributed by atoms with Crippen molar-refractivity contribution in [1.82, 2.24) is 0 Å². The van der Waals surface area contributed by atoms with Gasteiger partial charge in [-0.3, -0.25) is 0 Å². The van der Waals surface area contributed by atoms with Crippen molar-refractivity contribution in [3.63, 3.8) is 0 Å². The molecule has 138 valence electrons. The van der Waals surface area contributed by atoms with E-state index in [2.05, 4.69) is 52.0 Å². The number of aromatic hydroxyl groups is 2. The first kappa shape index (κ1) is 16.9. The van der Waals surface area contributed by atoms with Gasteiger partial charge in [0.1, 0.15) is 11.5 Å². The topological polar surface area (TPSA) is 40.5 Å². The molecule has 0 fully saturated rings. The van der Waals surface area contributed by atoms with E-state index in [1.807, 2.05) is 24.3 Å². The number of phenolic OH excluding ortho intramolecular Hbond substituents is 2. The second-order valence-corrected chi connectivity index (χ2v) is 8.06. The van der Waals surface area contributed by atoms with Crippen LogP contribution in [0.25, 0.3) is 43.1 Å². The summed E-state index contributed by atoms with van der Waals surface area (Å²) in [5, 5.41) is 29.2. The molecule has 0 aliphatic heterocycles. The largest absolute Gasteiger partial charge is 0.507 e. The van der Waals surface area contributed by atoms with Gasteiger partial charge in [0, 0.05) is 21.5 Å². The van der Waals surface area contributed by atoms with Crippen LogP contribution < -0.4 is 0 Å². The minimum Gasteiger partial charge on any atom is -0.507 e. The highest BCUT2D eigenvalue weighted by atomic mass is 16.3. The second kappa shape index (κ2) is 5.62. The molecule has 2 nitrogen and oxygen atoms in total. The molecular formula is C26H22O2. The SMILES string of the molecule is Cc1cc2cc3cc4c(O)c5cc(C)c(C)cc5cc4cc3c(O)c2cc1C. The molecule has 0 saturated heterocycles. The Kier molecular flexibility index (Phi) is 3.39. The summed E-state index contributed by atoms with van der Waals surface area (Å²) in [4.78, 5) is 0. The number of benzene rings is 5.